The molecule has 0 unspecified atom stereocenters. The molecule has 1 rings (SSSR count). The van der Waals surface area contributed by atoms with Gasteiger partial charge in [0.05, 0.1) is 0 Å². The van der Waals surface area contributed by atoms with Gasteiger partial charge in [-0.15, -0.1) is 0 Å². The predicted molar refractivity (Wildman–Crippen MR) is 62.9 cm³/mol. The molecule has 0 atom stereocenters. The molecule has 3 heteroatoms. The zero-order valence-electron chi connectivity index (χ0n) is 10.5. The van der Waals surface area contributed by atoms with Crippen LogP contribution in [0.25, 0.3) is 0 Å². The third-order valence-corrected chi connectivity index (χ3v) is 2.44. The number of nitrogens with zero attached hydrogens (tertiary/aromatic N) is 1. The summed E-state index contributed by atoms with van der Waals surface area (Å²) in [7, 11) is 0. The fourth-order valence-electron chi connectivity index (χ4n) is 1.56. The van der Waals surface area contributed by atoms with Crippen molar-refractivity contribution in [3.05, 3.63) is 0 Å². The molecule has 15 heavy (non-hydrogen) atoms. The van der Waals surface area contributed by atoms with Gasteiger partial charge in [-0.05, 0) is 46.0 Å². The second-order valence-corrected chi connectivity index (χ2v) is 5.57. The predicted octanol–water partition coefficient (Wildman–Crippen LogP) is 2.62. The van der Waals surface area contributed by atoms with Crippen LogP contribution in [0.3, 0.4) is 0 Å². The van der Waals surface area contributed by atoms with Gasteiger partial charge in [-0.1, -0.05) is 6.92 Å². The Hall–Kier alpha value is -0.730. The number of rotatable bonds is 4. The van der Waals surface area contributed by atoms with E-state index in [9.17, 15) is 4.79 Å². The summed E-state index contributed by atoms with van der Waals surface area (Å²) in [5, 5.41) is 3.02. The Kier molecular flexibility index (Phi) is 4.00. The second-order valence-electron chi connectivity index (χ2n) is 5.57. The lowest BCUT2D eigenvalue weighted by Gasteiger charge is -2.28. The zero-order valence-corrected chi connectivity index (χ0v) is 10.5. The van der Waals surface area contributed by atoms with E-state index in [-0.39, 0.29) is 11.6 Å². The van der Waals surface area contributed by atoms with Gasteiger partial charge in [0.15, 0.2) is 0 Å². The molecule has 0 aliphatic heterocycles. The van der Waals surface area contributed by atoms with Gasteiger partial charge < -0.3 is 10.2 Å². The molecule has 3 nitrogen and oxygen atoms in total. The fraction of sp³-hybridized carbons (Fsp3) is 0.917. The minimum Gasteiger partial charge on any atom is -0.333 e. The number of nitrogens with one attached hydrogen (secondary N) is 1. The van der Waals surface area contributed by atoms with Gasteiger partial charge in [0.25, 0.3) is 0 Å². The average molecular weight is 212 g/mol. The number of hydrogen-bond donors (Lipinski definition) is 1. The van der Waals surface area contributed by atoms with Crippen LogP contribution in [0.4, 0.5) is 4.79 Å². The summed E-state index contributed by atoms with van der Waals surface area (Å²) in [6.07, 6.45) is 3.62. The molecule has 1 fully saturated rings. The molecule has 0 saturated heterocycles. The van der Waals surface area contributed by atoms with Crippen LogP contribution in [0.1, 0.15) is 47.0 Å². The van der Waals surface area contributed by atoms with Crippen LogP contribution < -0.4 is 5.32 Å². The SMILES string of the molecule is CCCN(CC1CC1)C(=O)NC(C)(C)C. The summed E-state index contributed by atoms with van der Waals surface area (Å²) in [5.41, 5.74) is -0.132. The third-order valence-electron chi connectivity index (χ3n) is 2.44. The Bertz CT molecular complexity index is 216. The van der Waals surface area contributed by atoms with E-state index >= 15 is 0 Å². The minimum atomic E-state index is -0.132. The molecule has 0 spiro atoms. The lowest BCUT2D eigenvalue weighted by atomic mass is 10.1. The molecule has 0 radical (unpaired) electrons. The van der Waals surface area contributed by atoms with Crippen molar-refractivity contribution < 1.29 is 4.79 Å². The van der Waals surface area contributed by atoms with E-state index in [0.29, 0.717) is 0 Å². The highest BCUT2D eigenvalue weighted by Crippen LogP contribution is 2.29. The van der Waals surface area contributed by atoms with Crippen LogP contribution in [0, 0.1) is 5.92 Å². The van der Waals surface area contributed by atoms with Crippen LogP contribution >= 0.6 is 0 Å². The van der Waals surface area contributed by atoms with Crippen molar-refractivity contribution in [1.29, 1.82) is 0 Å². The first-order chi connectivity index (χ1) is 6.92. The first-order valence-electron chi connectivity index (χ1n) is 5.99. The maximum Gasteiger partial charge on any atom is 0.317 e. The number of carbonyl (C=O) groups is 1. The fourth-order valence-corrected chi connectivity index (χ4v) is 1.56. The van der Waals surface area contributed by atoms with Gasteiger partial charge in [-0.25, -0.2) is 4.79 Å². The summed E-state index contributed by atoms with van der Waals surface area (Å²) < 4.78 is 0. The van der Waals surface area contributed by atoms with Crippen LogP contribution in [0.15, 0.2) is 0 Å². The van der Waals surface area contributed by atoms with Gasteiger partial charge in [0, 0.05) is 18.6 Å². The normalized spacial score (nSPS) is 16.3. The Morgan fingerprint density at radius 3 is 2.40 bits per heavy atom. The van der Waals surface area contributed by atoms with Crippen LogP contribution in [-0.2, 0) is 0 Å². The first-order valence-corrected chi connectivity index (χ1v) is 5.99. The summed E-state index contributed by atoms with van der Waals surface area (Å²) in [6.45, 7) is 9.99. The van der Waals surface area contributed by atoms with E-state index in [0.717, 1.165) is 25.4 Å². The van der Waals surface area contributed by atoms with Crippen molar-refractivity contribution in [3.8, 4) is 0 Å². The Balaban J connectivity index is 2.42. The molecule has 88 valence electrons. The van der Waals surface area contributed by atoms with Gasteiger partial charge in [-0.2, -0.15) is 0 Å². The molecule has 0 aromatic carbocycles. The Morgan fingerprint density at radius 2 is 2.00 bits per heavy atom. The lowest BCUT2D eigenvalue weighted by molar-refractivity contribution is 0.186. The molecule has 0 heterocycles. The van der Waals surface area contributed by atoms with E-state index in [1.54, 1.807) is 0 Å². The molecule has 2 amide bonds. The van der Waals surface area contributed by atoms with Crippen molar-refractivity contribution in [2.24, 2.45) is 5.92 Å². The van der Waals surface area contributed by atoms with Crippen LogP contribution in [-0.4, -0.2) is 29.6 Å². The lowest BCUT2D eigenvalue weighted by Crippen LogP contribution is -2.49. The average Bonchev–Trinajstić information content (AvgIpc) is 2.84. The van der Waals surface area contributed by atoms with Crippen LogP contribution in [0.2, 0.25) is 0 Å². The Labute approximate surface area is 93.2 Å². The maximum absolute atomic E-state index is 11.9. The molecule has 0 bridgehead atoms. The summed E-state index contributed by atoms with van der Waals surface area (Å²) in [4.78, 5) is 13.9. The highest BCUT2D eigenvalue weighted by atomic mass is 16.2. The quantitative estimate of drug-likeness (QED) is 0.763. The maximum atomic E-state index is 11.9. The molecule has 1 saturated carbocycles. The van der Waals surface area contributed by atoms with Gasteiger partial charge >= 0.3 is 6.03 Å². The second kappa shape index (κ2) is 4.86. The highest BCUT2D eigenvalue weighted by molar-refractivity contribution is 5.74. The van der Waals surface area contributed by atoms with Gasteiger partial charge in [0.1, 0.15) is 0 Å². The van der Waals surface area contributed by atoms with Crippen molar-refractivity contribution in [3.63, 3.8) is 0 Å². The molecule has 1 aliphatic rings. The summed E-state index contributed by atoms with van der Waals surface area (Å²) >= 11 is 0. The van der Waals surface area contributed by atoms with E-state index in [1.165, 1.54) is 12.8 Å². The standard InChI is InChI=1S/C12H24N2O/c1-5-8-14(9-10-6-7-10)11(15)13-12(2,3)4/h10H,5-9H2,1-4H3,(H,13,15). The summed E-state index contributed by atoms with van der Waals surface area (Å²) in [6, 6.07) is 0.0938. The molecule has 0 aromatic heterocycles. The summed E-state index contributed by atoms with van der Waals surface area (Å²) in [5.74, 6) is 0.766. The van der Waals surface area contributed by atoms with Gasteiger partial charge in [-0.3, -0.25) is 0 Å². The minimum absolute atomic E-state index is 0.0938. The number of carbonyl (C=O) groups excluding carboxylic acids is 1. The number of hydrogen-bond acceptors (Lipinski definition) is 1. The topological polar surface area (TPSA) is 32.3 Å². The van der Waals surface area contributed by atoms with E-state index in [1.807, 2.05) is 25.7 Å². The number of amides is 2. The third kappa shape index (κ3) is 5.05. The smallest absolute Gasteiger partial charge is 0.317 e. The van der Waals surface area contributed by atoms with E-state index in [2.05, 4.69) is 12.2 Å². The largest absolute Gasteiger partial charge is 0.333 e. The van der Waals surface area contributed by atoms with Gasteiger partial charge in [0.2, 0.25) is 0 Å². The molecule has 1 N–H and O–H groups in total. The molecule has 0 aromatic rings. The van der Waals surface area contributed by atoms with Crippen molar-refractivity contribution in [2.45, 2.75) is 52.5 Å². The van der Waals surface area contributed by atoms with Crippen molar-refractivity contribution in [2.75, 3.05) is 13.1 Å². The molecule has 1 aliphatic carbocycles. The van der Waals surface area contributed by atoms with Crippen molar-refractivity contribution in [1.82, 2.24) is 10.2 Å². The van der Waals surface area contributed by atoms with Crippen molar-refractivity contribution >= 4 is 6.03 Å². The van der Waals surface area contributed by atoms with E-state index in [4.69, 9.17) is 0 Å². The van der Waals surface area contributed by atoms with E-state index < -0.39 is 0 Å². The Morgan fingerprint density at radius 1 is 1.40 bits per heavy atom. The van der Waals surface area contributed by atoms with Crippen LogP contribution in [0.5, 0.6) is 0 Å². The highest BCUT2D eigenvalue weighted by Gasteiger charge is 2.27. The molecular weight excluding hydrogens is 188 g/mol. The first kappa shape index (κ1) is 12.3. The zero-order chi connectivity index (χ0) is 11.5. The number of urea groups is 1. The molecular formula is C12H24N2O. The monoisotopic (exact) mass is 212 g/mol.